The molecule has 0 radical (unpaired) electrons. The SMILES string of the molecule is CSC(Cc1ccc(OCc2nc3ccccc3c(=O)n2C)cc1)C(=O)NC=O. The Morgan fingerprint density at radius 1 is 1.24 bits per heavy atom. The minimum absolute atomic E-state index is 0.110. The van der Waals surface area contributed by atoms with E-state index < -0.39 is 0 Å². The van der Waals surface area contributed by atoms with Crippen LogP contribution in [0.1, 0.15) is 11.4 Å². The van der Waals surface area contributed by atoms with E-state index in [-0.39, 0.29) is 23.3 Å². The van der Waals surface area contributed by atoms with E-state index in [1.165, 1.54) is 16.3 Å². The second kappa shape index (κ2) is 9.38. The maximum absolute atomic E-state index is 12.4. The van der Waals surface area contributed by atoms with Crippen molar-refractivity contribution in [2.24, 2.45) is 7.05 Å². The van der Waals surface area contributed by atoms with Gasteiger partial charge in [0, 0.05) is 7.05 Å². The van der Waals surface area contributed by atoms with Crippen molar-refractivity contribution < 1.29 is 14.3 Å². The summed E-state index contributed by atoms with van der Waals surface area (Å²) >= 11 is 1.39. The van der Waals surface area contributed by atoms with Crippen molar-refractivity contribution in [1.82, 2.24) is 14.9 Å². The summed E-state index contributed by atoms with van der Waals surface area (Å²) in [5, 5.41) is 2.42. The number of fused-ring (bicyclic) bond motifs is 1. The zero-order valence-corrected chi connectivity index (χ0v) is 16.9. The Morgan fingerprint density at radius 2 is 1.97 bits per heavy atom. The first-order valence-corrected chi connectivity index (χ1v) is 10.3. The molecule has 29 heavy (non-hydrogen) atoms. The highest BCUT2D eigenvalue weighted by atomic mass is 32.2. The van der Waals surface area contributed by atoms with Crippen LogP contribution in [0.5, 0.6) is 5.75 Å². The predicted molar refractivity (Wildman–Crippen MR) is 113 cm³/mol. The average molecular weight is 411 g/mol. The molecule has 1 N–H and O–H groups in total. The number of carbonyl (C=O) groups excluding carboxylic acids is 2. The van der Waals surface area contributed by atoms with E-state index in [4.69, 9.17) is 4.74 Å². The molecule has 0 saturated carbocycles. The van der Waals surface area contributed by atoms with Gasteiger partial charge < -0.3 is 4.74 Å². The molecule has 1 unspecified atom stereocenters. The molecule has 1 aromatic heterocycles. The maximum Gasteiger partial charge on any atom is 0.261 e. The average Bonchev–Trinajstić information content (AvgIpc) is 2.74. The van der Waals surface area contributed by atoms with Crippen molar-refractivity contribution in [1.29, 1.82) is 0 Å². The third-order valence-electron chi connectivity index (χ3n) is 4.57. The Hall–Kier alpha value is -3.13. The Bertz CT molecular complexity index is 1080. The summed E-state index contributed by atoms with van der Waals surface area (Å²) in [5.41, 5.74) is 1.48. The molecule has 2 aromatic carbocycles. The quantitative estimate of drug-likeness (QED) is 0.571. The van der Waals surface area contributed by atoms with Crippen LogP contribution in [-0.2, 0) is 29.7 Å². The van der Waals surface area contributed by atoms with Gasteiger partial charge in [0.25, 0.3) is 5.56 Å². The molecule has 0 aliphatic carbocycles. The van der Waals surface area contributed by atoms with Gasteiger partial charge in [0.15, 0.2) is 0 Å². The highest BCUT2D eigenvalue weighted by molar-refractivity contribution is 7.99. The van der Waals surface area contributed by atoms with Crippen LogP contribution in [0.4, 0.5) is 0 Å². The van der Waals surface area contributed by atoms with E-state index in [1.807, 2.05) is 42.7 Å². The van der Waals surface area contributed by atoms with Crippen molar-refractivity contribution in [3.05, 3.63) is 70.3 Å². The van der Waals surface area contributed by atoms with Crippen LogP contribution in [0.3, 0.4) is 0 Å². The molecular formula is C21H21N3O4S. The maximum atomic E-state index is 12.4. The summed E-state index contributed by atoms with van der Waals surface area (Å²) in [6, 6.07) is 14.6. The molecule has 0 saturated heterocycles. The van der Waals surface area contributed by atoms with Crippen LogP contribution in [0, 0.1) is 0 Å². The highest BCUT2D eigenvalue weighted by Gasteiger charge is 2.17. The fourth-order valence-corrected chi connectivity index (χ4v) is 3.55. The summed E-state index contributed by atoms with van der Waals surface area (Å²) in [5.74, 6) is 0.857. The van der Waals surface area contributed by atoms with Gasteiger partial charge in [0.2, 0.25) is 12.3 Å². The molecule has 1 heterocycles. The van der Waals surface area contributed by atoms with E-state index in [2.05, 4.69) is 10.3 Å². The van der Waals surface area contributed by atoms with Crippen LogP contribution in [0.15, 0.2) is 53.3 Å². The highest BCUT2D eigenvalue weighted by Crippen LogP contribution is 2.18. The smallest absolute Gasteiger partial charge is 0.261 e. The van der Waals surface area contributed by atoms with Gasteiger partial charge in [-0.25, -0.2) is 4.98 Å². The number of hydrogen-bond donors (Lipinski definition) is 1. The first-order chi connectivity index (χ1) is 14.0. The zero-order chi connectivity index (χ0) is 20.8. The molecule has 0 aliphatic rings. The number of rotatable bonds is 8. The van der Waals surface area contributed by atoms with Gasteiger partial charge in [-0.15, -0.1) is 0 Å². The van der Waals surface area contributed by atoms with Crippen LogP contribution < -0.4 is 15.6 Å². The lowest BCUT2D eigenvalue weighted by Gasteiger charge is -2.13. The van der Waals surface area contributed by atoms with Crippen molar-refractivity contribution >= 4 is 35.0 Å². The molecule has 3 aromatic rings. The second-order valence-corrected chi connectivity index (χ2v) is 7.44. The Balaban J connectivity index is 1.68. The molecule has 1 atom stereocenters. The van der Waals surface area contributed by atoms with Crippen molar-refractivity contribution in [3.8, 4) is 5.75 Å². The number of hydrogen-bond acceptors (Lipinski definition) is 6. The van der Waals surface area contributed by atoms with Crippen molar-refractivity contribution in [2.45, 2.75) is 18.3 Å². The topological polar surface area (TPSA) is 90.3 Å². The summed E-state index contributed by atoms with van der Waals surface area (Å²) in [4.78, 5) is 39.3. The first-order valence-electron chi connectivity index (χ1n) is 8.96. The van der Waals surface area contributed by atoms with Gasteiger partial charge in [-0.05, 0) is 42.5 Å². The molecule has 150 valence electrons. The second-order valence-electron chi connectivity index (χ2n) is 6.40. The fourth-order valence-electron chi connectivity index (χ4n) is 2.91. The first kappa shape index (κ1) is 20.6. The third kappa shape index (κ3) is 4.83. The van der Waals surface area contributed by atoms with Crippen molar-refractivity contribution in [3.63, 3.8) is 0 Å². The number of benzene rings is 2. The molecule has 7 nitrogen and oxygen atoms in total. The van der Waals surface area contributed by atoms with Crippen LogP contribution >= 0.6 is 11.8 Å². The number of para-hydroxylation sites is 1. The number of nitrogens with zero attached hydrogens (tertiary/aromatic N) is 2. The molecule has 0 spiro atoms. The summed E-state index contributed by atoms with van der Waals surface area (Å²) in [7, 11) is 1.68. The molecule has 0 bridgehead atoms. The van der Waals surface area contributed by atoms with E-state index in [0.717, 1.165) is 5.56 Å². The predicted octanol–water partition coefficient (Wildman–Crippen LogP) is 2.06. The molecule has 3 rings (SSSR count). The molecular weight excluding hydrogens is 390 g/mol. The summed E-state index contributed by atoms with van der Waals surface area (Å²) in [6.07, 6.45) is 2.73. The lowest BCUT2D eigenvalue weighted by atomic mass is 10.1. The molecule has 2 amide bonds. The Kier molecular flexibility index (Phi) is 6.66. The largest absolute Gasteiger partial charge is 0.486 e. The van der Waals surface area contributed by atoms with Crippen LogP contribution in [0.25, 0.3) is 10.9 Å². The third-order valence-corrected chi connectivity index (χ3v) is 5.52. The van der Waals surface area contributed by atoms with Crippen LogP contribution in [0.2, 0.25) is 0 Å². The number of aromatic nitrogens is 2. The minimum atomic E-state index is -0.344. The molecule has 0 fully saturated rings. The Labute approximate surface area is 172 Å². The van der Waals surface area contributed by atoms with E-state index in [9.17, 15) is 14.4 Å². The van der Waals surface area contributed by atoms with Gasteiger partial charge in [0.05, 0.1) is 16.2 Å². The monoisotopic (exact) mass is 411 g/mol. The number of carbonyl (C=O) groups is 2. The summed E-state index contributed by atoms with van der Waals surface area (Å²) < 4.78 is 7.29. The summed E-state index contributed by atoms with van der Waals surface area (Å²) in [6.45, 7) is 0.158. The fraction of sp³-hybridized carbons (Fsp3) is 0.238. The lowest BCUT2D eigenvalue weighted by molar-refractivity contribution is -0.124. The standard InChI is InChI=1S/C21H21N3O4S/c1-24-19(23-17-6-4-3-5-16(17)21(24)27)12-28-15-9-7-14(8-10-15)11-18(29-2)20(26)22-13-25/h3-10,13,18H,11-12H2,1-2H3,(H,22,25,26). The van der Waals surface area contributed by atoms with E-state index >= 15 is 0 Å². The lowest BCUT2D eigenvalue weighted by Crippen LogP contribution is -2.32. The number of imide groups is 1. The Morgan fingerprint density at radius 3 is 2.66 bits per heavy atom. The normalized spacial score (nSPS) is 11.8. The van der Waals surface area contributed by atoms with Crippen molar-refractivity contribution in [2.75, 3.05) is 6.26 Å². The van der Waals surface area contributed by atoms with Gasteiger partial charge in [-0.2, -0.15) is 11.8 Å². The van der Waals surface area contributed by atoms with Crippen LogP contribution in [-0.4, -0.2) is 33.4 Å². The number of amides is 2. The molecule has 0 aliphatic heterocycles. The number of nitrogens with one attached hydrogen (secondary N) is 1. The zero-order valence-electron chi connectivity index (χ0n) is 16.1. The van der Waals surface area contributed by atoms with E-state index in [1.54, 1.807) is 19.2 Å². The van der Waals surface area contributed by atoms with Gasteiger partial charge in [-0.1, -0.05) is 24.3 Å². The van der Waals surface area contributed by atoms with Gasteiger partial charge in [-0.3, -0.25) is 24.3 Å². The van der Waals surface area contributed by atoms with Gasteiger partial charge in [0.1, 0.15) is 18.2 Å². The molecule has 8 heteroatoms. The number of thioether (sulfide) groups is 1. The van der Waals surface area contributed by atoms with Gasteiger partial charge >= 0.3 is 0 Å². The number of ether oxygens (including phenoxy) is 1. The van der Waals surface area contributed by atoms with E-state index in [0.29, 0.717) is 35.3 Å². The minimum Gasteiger partial charge on any atom is -0.486 e.